The summed E-state index contributed by atoms with van der Waals surface area (Å²) in [7, 11) is 1.82. The number of carbonyl (C=O) groups excluding carboxylic acids is 2. The summed E-state index contributed by atoms with van der Waals surface area (Å²) in [4.78, 5) is 24.4. The van der Waals surface area contributed by atoms with Crippen molar-refractivity contribution in [1.82, 2.24) is 20.1 Å². The zero-order valence-electron chi connectivity index (χ0n) is 12.1. The number of aromatic amines is 1. The third-order valence-corrected chi connectivity index (χ3v) is 5.18. The van der Waals surface area contributed by atoms with Gasteiger partial charge in [-0.15, -0.1) is 0 Å². The van der Waals surface area contributed by atoms with Crippen molar-refractivity contribution in [1.29, 1.82) is 0 Å². The highest BCUT2D eigenvalue weighted by atomic mass is 32.1. The third-order valence-electron chi connectivity index (χ3n) is 4.81. The van der Waals surface area contributed by atoms with Crippen molar-refractivity contribution < 1.29 is 9.59 Å². The van der Waals surface area contributed by atoms with Gasteiger partial charge in [0.2, 0.25) is 5.91 Å². The van der Waals surface area contributed by atoms with Crippen LogP contribution in [0.1, 0.15) is 37.9 Å². The van der Waals surface area contributed by atoms with E-state index < -0.39 is 0 Å². The van der Waals surface area contributed by atoms with Crippen LogP contribution in [0.2, 0.25) is 0 Å². The average Bonchev–Trinajstić information content (AvgIpc) is 2.76. The Bertz CT molecular complexity index is 605. The SMILES string of the molecule is Cn1c(CNC(=O)C2CC3CCCC(C2)C3=O)n[nH]c1=S. The Kier molecular flexibility index (Phi) is 3.93. The highest BCUT2D eigenvalue weighted by Gasteiger charge is 2.41. The third kappa shape index (κ3) is 2.79. The van der Waals surface area contributed by atoms with Gasteiger partial charge in [0, 0.05) is 24.8 Å². The maximum Gasteiger partial charge on any atom is 0.223 e. The van der Waals surface area contributed by atoms with Crippen LogP contribution >= 0.6 is 12.2 Å². The summed E-state index contributed by atoms with van der Waals surface area (Å²) in [5.41, 5.74) is 0. The minimum atomic E-state index is -0.0368. The second-order valence-corrected chi connectivity index (χ2v) is 6.50. The first-order valence-corrected chi connectivity index (χ1v) is 7.88. The number of hydrogen-bond acceptors (Lipinski definition) is 4. The molecule has 1 aromatic rings. The van der Waals surface area contributed by atoms with Gasteiger partial charge in [-0.05, 0) is 37.9 Å². The molecule has 6 nitrogen and oxygen atoms in total. The summed E-state index contributed by atoms with van der Waals surface area (Å²) in [5.74, 6) is 1.31. The van der Waals surface area contributed by atoms with Gasteiger partial charge in [-0.25, -0.2) is 0 Å². The van der Waals surface area contributed by atoms with Crippen molar-refractivity contribution >= 4 is 23.9 Å². The number of fused-ring (bicyclic) bond motifs is 2. The molecule has 0 radical (unpaired) electrons. The van der Waals surface area contributed by atoms with E-state index in [1.165, 1.54) is 0 Å². The molecule has 1 amide bonds. The Morgan fingerprint density at radius 3 is 2.67 bits per heavy atom. The summed E-state index contributed by atoms with van der Waals surface area (Å²) < 4.78 is 2.28. The smallest absolute Gasteiger partial charge is 0.223 e. The van der Waals surface area contributed by atoms with Crippen LogP contribution in [0.25, 0.3) is 0 Å². The lowest BCUT2D eigenvalue weighted by atomic mass is 9.67. The minimum Gasteiger partial charge on any atom is -0.349 e. The molecule has 0 aliphatic heterocycles. The molecule has 1 heterocycles. The van der Waals surface area contributed by atoms with Crippen LogP contribution in [-0.4, -0.2) is 26.5 Å². The number of aromatic nitrogens is 3. The molecule has 114 valence electrons. The highest BCUT2D eigenvalue weighted by molar-refractivity contribution is 7.71. The van der Waals surface area contributed by atoms with Crippen molar-refractivity contribution in [3.05, 3.63) is 10.6 Å². The standard InChI is InChI=1S/C14H20N4O2S/c1-18-11(16-17-14(18)21)7-15-13(20)10-5-8-3-2-4-9(6-10)12(8)19/h8-10H,2-7H2,1H3,(H,15,20)(H,17,21). The molecule has 2 aliphatic carbocycles. The molecule has 2 N–H and O–H groups in total. The van der Waals surface area contributed by atoms with E-state index in [0.29, 0.717) is 35.8 Å². The first kappa shape index (κ1) is 14.4. The molecule has 21 heavy (non-hydrogen) atoms. The van der Waals surface area contributed by atoms with Gasteiger partial charge >= 0.3 is 0 Å². The summed E-state index contributed by atoms with van der Waals surface area (Å²) >= 11 is 5.04. The van der Waals surface area contributed by atoms with E-state index in [1.807, 2.05) is 7.05 Å². The molecule has 2 bridgehead atoms. The fraction of sp³-hybridized carbons (Fsp3) is 0.714. The van der Waals surface area contributed by atoms with Gasteiger partial charge in [-0.2, -0.15) is 5.10 Å². The molecule has 0 saturated heterocycles. The second-order valence-electron chi connectivity index (χ2n) is 6.12. The minimum absolute atomic E-state index is 0.0355. The Labute approximate surface area is 128 Å². The van der Waals surface area contributed by atoms with Crippen LogP contribution in [0.5, 0.6) is 0 Å². The van der Waals surface area contributed by atoms with E-state index in [1.54, 1.807) is 4.57 Å². The van der Waals surface area contributed by atoms with Crippen LogP contribution < -0.4 is 5.32 Å². The molecule has 2 saturated carbocycles. The maximum atomic E-state index is 12.3. The largest absolute Gasteiger partial charge is 0.349 e. The lowest BCUT2D eigenvalue weighted by molar-refractivity contribution is -0.137. The summed E-state index contributed by atoms with van der Waals surface area (Å²) in [6, 6.07) is 0. The first-order chi connectivity index (χ1) is 10.1. The molecule has 2 unspecified atom stereocenters. The molecule has 0 spiro atoms. The Morgan fingerprint density at radius 1 is 1.43 bits per heavy atom. The zero-order chi connectivity index (χ0) is 15.0. The monoisotopic (exact) mass is 308 g/mol. The van der Waals surface area contributed by atoms with Gasteiger partial charge in [-0.3, -0.25) is 14.7 Å². The summed E-state index contributed by atoms with van der Waals surface area (Å²) in [5, 5.41) is 9.70. The first-order valence-electron chi connectivity index (χ1n) is 7.48. The van der Waals surface area contributed by atoms with E-state index in [4.69, 9.17) is 12.2 Å². The van der Waals surface area contributed by atoms with Crippen LogP contribution in [0.3, 0.4) is 0 Å². The van der Waals surface area contributed by atoms with Gasteiger partial charge in [-0.1, -0.05) is 6.42 Å². The molecule has 0 aromatic carbocycles. The van der Waals surface area contributed by atoms with Crippen molar-refractivity contribution in [3.8, 4) is 0 Å². The van der Waals surface area contributed by atoms with Crippen LogP contribution in [0.4, 0.5) is 0 Å². The number of rotatable bonds is 3. The quantitative estimate of drug-likeness (QED) is 0.829. The fourth-order valence-corrected chi connectivity index (χ4v) is 3.69. The van der Waals surface area contributed by atoms with Gasteiger partial charge in [0.25, 0.3) is 0 Å². The lowest BCUT2D eigenvalue weighted by Crippen LogP contribution is -2.42. The molecule has 3 rings (SSSR count). The van der Waals surface area contributed by atoms with Crippen molar-refractivity contribution in [2.24, 2.45) is 24.8 Å². The van der Waals surface area contributed by atoms with E-state index in [2.05, 4.69) is 15.5 Å². The van der Waals surface area contributed by atoms with E-state index in [9.17, 15) is 9.59 Å². The predicted molar refractivity (Wildman–Crippen MR) is 78.8 cm³/mol. The number of amides is 1. The number of Topliss-reactive ketones (excluding diaryl/α,β-unsaturated/α-hetero) is 1. The van der Waals surface area contributed by atoms with Crippen LogP contribution in [0, 0.1) is 22.5 Å². The summed E-state index contributed by atoms with van der Waals surface area (Å²) in [6.07, 6.45) is 4.44. The van der Waals surface area contributed by atoms with E-state index in [-0.39, 0.29) is 23.7 Å². The number of hydrogen-bond donors (Lipinski definition) is 2. The number of ketones is 1. The van der Waals surface area contributed by atoms with Crippen LogP contribution in [-0.2, 0) is 23.2 Å². The summed E-state index contributed by atoms with van der Waals surface area (Å²) in [6.45, 7) is 0.363. The topological polar surface area (TPSA) is 79.8 Å². The van der Waals surface area contributed by atoms with Gasteiger partial charge in [0.1, 0.15) is 5.78 Å². The fourth-order valence-electron chi connectivity index (χ4n) is 3.54. The van der Waals surface area contributed by atoms with Gasteiger partial charge in [0.05, 0.1) is 6.54 Å². The highest BCUT2D eigenvalue weighted by Crippen LogP contribution is 2.40. The Morgan fingerprint density at radius 2 is 2.10 bits per heavy atom. The second kappa shape index (κ2) is 5.71. The molecule has 1 aromatic heterocycles. The maximum absolute atomic E-state index is 12.3. The number of nitrogens with zero attached hydrogens (tertiary/aromatic N) is 2. The Hall–Kier alpha value is -1.50. The van der Waals surface area contributed by atoms with Crippen molar-refractivity contribution in [3.63, 3.8) is 0 Å². The normalized spacial score (nSPS) is 28.4. The van der Waals surface area contributed by atoms with E-state index in [0.717, 1.165) is 19.3 Å². The predicted octanol–water partition coefficient (Wildman–Crippen LogP) is 1.49. The van der Waals surface area contributed by atoms with Crippen molar-refractivity contribution in [2.75, 3.05) is 0 Å². The molecule has 2 atom stereocenters. The Balaban J connectivity index is 1.60. The number of H-pyrrole nitrogens is 1. The lowest BCUT2D eigenvalue weighted by Gasteiger charge is -2.36. The van der Waals surface area contributed by atoms with Crippen LogP contribution in [0.15, 0.2) is 0 Å². The molecule has 7 heteroatoms. The molecule has 2 fully saturated rings. The number of nitrogens with one attached hydrogen (secondary N) is 2. The molecular formula is C14H20N4O2S. The molecule has 2 aliphatic rings. The number of carbonyl (C=O) groups is 2. The van der Waals surface area contributed by atoms with Gasteiger partial charge < -0.3 is 9.88 Å². The molecular weight excluding hydrogens is 288 g/mol. The van der Waals surface area contributed by atoms with Crippen molar-refractivity contribution in [2.45, 2.75) is 38.6 Å². The van der Waals surface area contributed by atoms with Gasteiger partial charge in [0.15, 0.2) is 10.6 Å². The average molecular weight is 308 g/mol. The zero-order valence-corrected chi connectivity index (χ0v) is 12.9. The van der Waals surface area contributed by atoms with E-state index >= 15 is 0 Å².